The molecule has 2 rings (SSSR count). The Morgan fingerprint density at radius 3 is 3.00 bits per heavy atom. The molecule has 0 fully saturated rings. The molecule has 0 aliphatic carbocycles. The highest BCUT2D eigenvalue weighted by molar-refractivity contribution is 5.53. The van der Waals surface area contributed by atoms with Gasteiger partial charge in [0.2, 0.25) is 0 Å². The van der Waals surface area contributed by atoms with E-state index < -0.39 is 0 Å². The molecule has 56 valence electrons. The second-order valence-corrected chi connectivity index (χ2v) is 2.28. The first-order valence-corrected chi connectivity index (χ1v) is 3.26. The summed E-state index contributed by atoms with van der Waals surface area (Å²) in [4.78, 5) is 0. The van der Waals surface area contributed by atoms with Crippen LogP contribution in [0.4, 0.5) is 0 Å². The summed E-state index contributed by atoms with van der Waals surface area (Å²) in [7, 11) is 1.86. The fourth-order valence-electron chi connectivity index (χ4n) is 0.913. The average molecular weight is 149 g/mol. The van der Waals surface area contributed by atoms with Crippen molar-refractivity contribution < 1.29 is 4.52 Å². The third-order valence-corrected chi connectivity index (χ3v) is 1.43. The van der Waals surface area contributed by atoms with Crippen LogP contribution >= 0.6 is 0 Å². The van der Waals surface area contributed by atoms with Crippen molar-refractivity contribution in [3.8, 4) is 11.3 Å². The van der Waals surface area contributed by atoms with Crippen LogP contribution < -0.4 is 0 Å². The van der Waals surface area contributed by atoms with E-state index >= 15 is 0 Å². The molecule has 0 aromatic carbocycles. The molecule has 11 heavy (non-hydrogen) atoms. The smallest absolute Gasteiger partial charge is 0.169 e. The SMILES string of the molecule is Cn1cc(-c2ccno2)cn1. The Morgan fingerprint density at radius 1 is 1.55 bits per heavy atom. The average Bonchev–Trinajstić information content (AvgIpc) is 2.55. The molecule has 0 amide bonds. The van der Waals surface area contributed by atoms with E-state index in [1.54, 1.807) is 23.1 Å². The van der Waals surface area contributed by atoms with Gasteiger partial charge in [0.15, 0.2) is 5.76 Å². The van der Waals surface area contributed by atoms with E-state index in [1.165, 1.54) is 0 Å². The van der Waals surface area contributed by atoms with Gasteiger partial charge in [0.05, 0.1) is 18.0 Å². The normalized spacial score (nSPS) is 10.3. The molecule has 0 radical (unpaired) electrons. The van der Waals surface area contributed by atoms with Crippen molar-refractivity contribution in [2.75, 3.05) is 0 Å². The molecule has 2 aromatic rings. The number of rotatable bonds is 1. The number of aryl methyl sites for hydroxylation is 1. The van der Waals surface area contributed by atoms with Gasteiger partial charge in [-0.2, -0.15) is 5.10 Å². The van der Waals surface area contributed by atoms with E-state index in [4.69, 9.17) is 4.52 Å². The number of nitrogens with zero attached hydrogens (tertiary/aromatic N) is 3. The Balaban J connectivity index is 2.45. The highest BCUT2D eigenvalue weighted by Gasteiger charge is 2.02. The molecule has 2 aromatic heterocycles. The Hall–Kier alpha value is -1.58. The maximum atomic E-state index is 4.93. The lowest BCUT2D eigenvalue weighted by atomic mass is 10.3. The first kappa shape index (κ1) is 6.15. The maximum absolute atomic E-state index is 4.93. The zero-order valence-electron chi connectivity index (χ0n) is 6.06. The Morgan fingerprint density at radius 2 is 2.45 bits per heavy atom. The van der Waals surface area contributed by atoms with Crippen LogP contribution in [0.5, 0.6) is 0 Å². The molecule has 4 heteroatoms. The Bertz CT molecular complexity index is 336. The maximum Gasteiger partial charge on any atom is 0.169 e. The number of hydrogen-bond acceptors (Lipinski definition) is 3. The van der Waals surface area contributed by atoms with Crippen LogP contribution in [0.25, 0.3) is 11.3 Å². The second-order valence-electron chi connectivity index (χ2n) is 2.28. The van der Waals surface area contributed by atoms with Crippen LogP contribution in [0.15, 0.2) is 29.2 Å². The summed E-state index contributed by atoms with van der Waals surface area (Å²) in [5.74, 6) is 0.748. The molecule has 4 nitrogen and oxygen atoms in total. The number of hydrogen-bond donors (Lipinski definition) is 0. The highest BCUT2D eigenvalue weighted by Crippen LogP contribution is 2.15. The van der Waals surface area contributed by atoms with Gasteiger partial charge in [0, 0.05) is 19.3 Å². The summed E-state index contributed by atoms with van der Waals surface area (Å²) >= 11 is 0. The van der Waals surface area contributed by atoms with E-state index in [0.29, 0.717) is 0 Å². The van der Waals surface area contributed by atoms with E-state index in [1.807, 2.05) is 13.2 Å². The van der Waals surface area contributed by atoms with E-state index in [0.717, 1.165) is 11.3 Å². The predicted molar refractivity (Wildman–Crippen MR) is 38.7 cm³/mol. The molecule has 0 N–H and O–H groups in total. The minimum absolute atomic E-state index is 0.748. The molecule has 0 unspecified atom stereocenters. The predicted octanol–water partition coefficient (Wildman–Crippen LogP) is 1.08. The lowest BCUT2D eigenvalue weighted by Crippen LogP contribution is -1.83. The van der Waals surface area contributed by atoms with Crippen molar-refractivity contribution in [2.45, 2.75) is 0 Å². The van der Waals surface area contributed by atoms with E-state index in [9.17, 15) is 0 Å². The third-order valence-electron chi connectivity index (χ3n) is 1.43. The number of aromatic nitrogens is 3. The third kappa shape index (κ3) is 1.02. The van der Waals surface area contributed by atoms with Crippen molar-refractivity contribution in [1.82, 2.24) is 14.9 Å². The van der Waals surface area contributed by atoms with Gasteiger partial charge >= 0.3 is 0 Å². The first-order chi connectivity index (χ1) is 5.36. The molecular formula is C7H7N3O. The fraction of sp³-hybridized carbons (Fsp3) is 0.143. The second kappa shape index (κ2) is 2.23. The van der Waals surface area contributed by atoms with E-state index in [2.05, 4.69) is 10.3 Å². The van der Waals surface area contributed by atoms with E-state index in [-0.39, 0.29) is 0 Å². The monoisotopic (exact) mass is 149 g/mol. The van der Waals surface area contributed by atoms with Crippen LogP contribution in [0.2, 0.25) is 0 Å². The highest BCUT2D eigenvalue weighted by atomic mass is 16.5. The lowest BCUT2D eigenvalue weighted by molar-refractivity contribution is 0.432. The molecule has 0 spiro atoms. The quantitative estimate of drug-likeness (QED) is 0.609. The molecule has 0 atom stereocenters. The van der Waals surface area contributed by atoms with Gasteiger partial charge in [0.1, 0.15) is 0 Å². The van der Waals surface area contributed by atoms with Crippen molar-refractivity contribution in [2.24, 2.45) is 7.05 Å². The van der Waals surface area contributed by atoms with Gasteiger partial charge < -0.3 is 4.52 Å². The largest absolute Gasteiger partial charge is 0.356 e. The standard InChI is InChI=1S/C7H7N3O/c1-10-5-6(4-8-10)7-2-3-9-11-7/h2-5H,1H3. The summed E-state index contributed by atoms with van der Waals surface area (Å²) < 4.78 is 6.65. The molecule has 0 aliphatic rings. The zero-order chi connectivity index (χ0) is 7.68. The Labute approximate surface area is 63.4 Å². The topological polar surface area (TPSA) is 43.9 Å². The lowest BCUT2D eigenvalue weighted by Gasteiger charge is -1.83. The van der Waals surface area contributed by atoms with Gasteiger partial charge in [-0.25, -0.2) is 0 Å². The van der Waals surface area contributed by atoms with Crippen LogP contribution in [0.1, 0.15) is 0 Å². The molecule has 0 saturated heterocycles. The minimum Gasteiger partial charge on any atom is -0.356 e. The van der Waals surface area contributed by atoms with Gasteiger partial charge in [-0.15, -0.1) is 0 Å². The van der Waals surface area contributed by atoms with Gasteiger partial charge in [-0.3, -0.25) is 4.68 Å². The summed E-state index contributed by atoms with van der Waals surface area (Å²) in [5.41, 5.74) is 0.949. The summed E-state index contributed by atoms with van der Waals surface area (Å²) in [5, 5.41) is 7.60. The molecule has 0 saturated carbocycles. The first-order valence-electron chi connectivity index (χ1n) is 3.26. The molecule has 0 bridgehead atoms. The summed E-state index contributed by atoms with van der Waals surface area (Å²) in [6, 6.07) is 1.80. The fourth-order valence-corrected chi connectivity index (χ4v) is 0.913. The van der Waals surface area contributed by atoms with Crippen LogP contribution in [0, 0.1) is 0 Å². The summed E-state index contributed by atoms with van der Waals surface area (Å²) in [6.07, 6.45) is 5.23. The van der Waals surface area contributed by atoms with Crippen molar-refractivity contribution >= 4 is 0 Å². The van der Waals surface area contributed by atoms with Gasteiger partial charge in [-0.1, -0.05) is 5.16 Å². The Kier molecular flexibility index (Phi) is 1.25. The van der Waals surface area contributed by atoms with Crippen molar-refractivity contribution in [3.05, 3.63) is 24.7 Å². The van der Waals surface area contributed by atoms with Crippen molar-refractivity contribution in [3.63, 3.8) is 0 Å². The van der Waals surface area contributed by atoms with Gasteiger partial charge in [0.25, 0.3) is 0 Å². The summed E-state index contributed by atoms with van der Waals surface area (Å²) in [6.45, 7) is 0. The van der Waals surface area contributed by atoms with Crippen LogP contribution in [-0.4, -0.2) is 14.9 Å². The van der Waals surface area contributed by atoms with Crippen molar-refractivity contribution in [1.29, 1.82) is 0 Å². The van der Waals surface area contributed by atoms with Crippen LogP contribution in [-0.2, 0) is 7.05 Å². The van der Waals surface area contributed by atoms with Crippen LogP contribution in [0.3, 0.4) is 0 Å². The molecule has 2 heterocycles. The molecule has 0 aliphatic heterocycles. The molecular weight excluding hydrogens is 142 g/mol. The zero-order valence-corrected chi connectivity index (χ0v) is 6.06. The minimum atomic E-state index is 0.748. The van der Waals surface area contributed by atoms with Gasteiger partial charge in [-0.05, 0) is 0 Å².